The predicted octanol–water partition coefficient (Wildman–Crippen LogP) is 6.09. The summed E-state index contributed by atoms with van der Waals surface area (Å²) in [6, 6.07) is 16.5. The minimum absolute atomic E-state index is 0.0206. The molecule has 0 spiro atoms. The molecule has 0 aliphatic carbocycles. The monoisotopic (exact) mass is 609 g/mol. The largest absolute Gasteiger partial charge is 0.355 e. The fourth-order valence-electron chi connectivity index (χ4n) is 4.02. The van der Waals surface area contributed by atoms with E-state index in [-0.39, 0.29) is 17.3 Å². The zero-order valence-electron chi connectivity index (χ0n) is 21.8. The van der Waals surface area contributed by atoms with E-state index in [0.717, 1.165) is 9.87 Å². The number of sulfonamides is 1. The molecule has 0 aliphatic heterocycles. The van der Waals surface area contributed by atoms with Gasteiger partial charge in [-0.2, -0.15) is 0 Å². The van der Waals surface area contributed by atoms with Gasteiger partial charge in [0.2, 0.25) is 11.8 Å². The van der Waals surface area contributed by atoms with E-state index in [9.17, 15) is 18.0 Å². The second kappa shape index (κ2) is 13.5. The maximum absolute atomic E-state index is 14.0. The average molecular weight is 611 g/mol. The van der Waals surface area contributed by atoms with Crippen LogP contribution < -0.4 is 9.62 Å². The molecule has 1 N–H and O–H groups in total. The first-order valence-electron chi connectivity index (χ1n) is 12.3. The van der Waals surface area contributed by atoms with Gasteiger partial charge in [0, 0.05) is 28.2 Å². The quantitative estimate of drug-likeness (QED) is 0.285. The Balaban J connectivity index is 2.07. The molecule has 3 rings (SSSR count). The third kappa shape index (κ3) is 7.66. The van der Waals surface area contributed by atoms with Gasteiger partial charge in [-0.3, -0.25) is 13.9 Å². The van der Waals surface area contributed by atoms with E-state index in [1.165, 1.54) is 29.2 Å². The minimum Gasteiger partial charge on any atom is -0.355 e. The Morgan fingerprint density at radius 1 is 0.897 bits per heavy atom. The standard InChI is InChI=1S/C28H30Cl3N3O4S/c1-4-26(28(36)32-5-2)33(17-20-8-9-22(30)16-25(20)31)27(35)18-34(23-12-6-19(3)7-13-23)39(37,38)24-14-10-21(29)11-15-24/h6-16,26H,4-5,17-18H2,1-3H3,(H,32,36)/t26-/m0/s1. The maximum Gasteiger partial charge on any atom is 0.264 e. The number of likely N-dealkylation sites (N-methyl/N-ethyl adjacent to an activating group) is 1. The number of benzene rings is 3. The number of carbonyl (C=O) groups excluding carboxylic acids is 2. The van der Waals surface area contributed by atoms with Crippen LogP contribution in [0.5, 0.6) is 0 Å². The number of amides is 2. The van der Waals surface area contributed by atoms with E-state index < -0.39 is 28.5 Å². The number of halogens is 3. The molecule has 0 saturated heterocycles. The third-order valence-electron chi connectivity index (χ3n) is 6.10. The van der Waals surface area contributed by atoms with Gasteiger partial charge in [0.05, 0.1) is 10.6 Å². The molecular formula is C28H30Cl3N3O4S. The highest BCUT2D eigenvalue weighted by Crippen LogP contribution is 2.27. The lowest BCUT2D eigenvalue weighted by atomic mass is 10.1. The Bertz CT molecular complexity index is 1410. The molecule has 2 amide bonds. The number of anilines is 1. The van der Waals surface area contributed by atoms with Crippen LogP contribution in [0.25, 0.3) is 0 Å². The summed E-state index contributed by atoms with van der Waals surface area (Å²) >= 11 is 18.4. The normalized spacial score (nSPS) is 12.1. The second-order valence-electron chi connectivity index (χ2n) is 8.88. The van der Waals surface area contributed by atoms with Crippen molar-refractivity contribution in [3.8, 4) is 0 Å². The van der Waals surface area contributed by atoms with Crippen molar-refractivity contribution in [1.29, 1.82) is 0 Å². The summed E-state index contributed by atoms with van der Waals surface area (Å²) in [7, 11) is -4.18. The molecule has 0 heterocycles. The van der Waals surface area contributed by atoms with E-state index in [2.05, 4.69) is 5.32 Å². The van der Waals surface area contributed by atoms with Crippen molar-refractivity contribution in [2.24, 2.45) is 0 Å². The van der Waals surface area contributed by atoms with E-state index in [4.69, 9.17) is 34.8 Å². The van der Waals surface area contributed by atoms with Crippen LogP contribution in [0.1, 0.15) is 31.4 Å². The molecule has 0 bridgehead atoms. The van der Waals surface area contributed by atoms with Crippen LogP contribution in [0.4, 0.5) is 5.69 Å². The number of hydrogen-bond acceptors (Lipinski definition) is 4. The fraction of sp³-hybridized carbons (Fsp3) is 0.286. The molecule has 39 heavy (non-hydrogen) atoms. The lowest BCUT2D eigenvalue weighted by Gasteiger charge is -2.33. The van der Waals surface area contributed by atoms with Crippen molar-refractivity contribution in [3.05, 3.63) is 92.9 Å². The Labute approximate surface area is 244 Å². The van der Waals surface area contributed by atoms with Crippen molar-refractivity contribution >= 4 is 62.3 Å². The average Bonchev–Trinajstić information content (AvgIpc) is 2.89. The summed E-state index contributed by atoms with van der Waals surface area (Å²) in [5, 5.41) is 3.90. The summed E-state index contributed by atoms with van der Waals surface area (Å²) in [6.07, 6.45) is 0.303. The van der Waals surface area contributed by atoms with Crippen molar-refractivity contribution in [2.75, 3.05) is 17.4 Å². The SMILES string of the molecule is CCNC(=O)[C@H](CC)N(Cc1ccc(Cl)cc1Cl)C(=O)CN(c1ccc(C)cc1)S(=O)(=O)c1ccc(Cl)cc1. The van der Waals surface area contributed by atoms with Crippen LogP contribution in [0.2, 0.25) is 15.1 Å². The molecule has 3 aromatic rings. The van der Waals surface area contributed by atoms with Crippen LogP contribution in [0.3, 0.4) is 0 Å². The first kappa shape index (κ1) is 30.8. The second-order valence-corrected chi connectivity index (χ2v) is 12.0. The van der Waals surface area contributed by atoms with Crippen LogP contribution in [0, 0.1) is 6.92 Å². The van der Waals surface area contributed by atoms with E-state index in [0.29, 0.717) is 39.3 Å². The topological polar surface area (TPSA) is 86.8 Å². The van der Waals surface area contributed by atoms with Gasteiger partial charge in [0.15, 0.2) is 0 Å². The van der Waals surface area contributed by atoms with Crippen molar-refractivity contribution < 1.29 is 18.0 Å². The summed E-state index contributed by atoms with van der Waals surface area (Å²) in [4.78, 5) is 28.3. The molecule has 0 radical (unpaired) electrons. The summed E-state index contributed by atoms with van der Waals surface area (Å²) < 4.78 is 28.7. The van der Waals surface area contributed by atoms with Crippen molar-refractivity contribution in [1.82, 2.24) is 10.2 Å². The number of hydrogen-bond donors (Lipinski definition) is 1. The van der Waals surface area contributed by atoms with Crippen LogP contribution >= 0.6 is 34.8 Å². The van der Waals surface area contributed by atoms with Gasteiger partial charge < -0.3 is 10.2 Å². The smallest absolute Gasteiger partial charge is 0.264 e. The first-order chi connectivity index (χ1) is 18.5. The van der Waals surface area contributed by atoms with E-state index in [1.807, 2.05) is 6.92 Å². The number of nitrogens with one attached hydrogen (secondary N) is 1. The van der Waals surface area contributed by atoms with Crippen LogP contribution in [-0.2, 0) is 26.2 Å². The van der Waals surface area contributed by atoms with Gasteiger partial charge in [-0.1, -0.05) is 65.5 Å². The molecule has 1 atom stereocenters. The molecule has 11 heteroatoms. The predicted molar refractivity (Wildman–Crippen MR) is 157 cm³/mol. The minimum atomic E-state index is -4.18. The first-order valence-corrected chi connectivity index (χ1v) is 14.9. The molecule has 7 nitrogen and oxygen atoms in total. The Morgan fingerprint density at radius 2 is 1.51 bits per heavy atom. The van der Waals surface area contributed by atoms with Crippen molar-refractivity contribution in [3.63, 3.8) is 0 Å². The van der Waals surface area contributed by atoms with E-state index in [1.54, 1.807) is 56.3 Å². The maximum atomic E-state index is 14.0. The highest BCUT2D eigenvalue weighted by atomic mass is 35.5. The van der Waals surface area contributed by atoms with Gasteiger partial charge >= 0.3 is 0 Å². The third-order valence-corrected chi connectivity index (χ3v) is 8.72. The zero-order chi connectivity index (χ0) is 28.7. The molecule has 0 fully saturated rings. The Morgan fingerprint density at radius 3 is 2.08 bits per heavy atom. The summed E-state index contributed by atoms with van der Waals surface area (Å²) in [5.74, 6) is -0.918. The number of nitrogens with zero attached hydrogens (tertiary/aromatic N) is 2. The molecule has 0 saturated carbocycles. The molecule has 0 aromatic heterocycles. The number of rotatable bonds is 11. The number of aryl methyl sites for hydroxylation is 1. The van der Waals surface area contributed by atoms with Gasteiger partial charge in [0.1, 0.15) is 12.6 Å². The van der Waals surface area contributed by atoms with Crippen LogP contribution in [-0.4, -0.2) is 44.3 Å². The molecular weight excluding hydrogens is 581 g/mol. The highest BCUT2D eigenvalue weighted by molar-refractivity contribution is 7.92. The lowest BCUT2D eigenvalue weighted by Crippen LogP contribution is -2.52. The van der Waals surface area contributed by atoms with Crippen molar-refractivity contribution in [2.45, 2.75) is 44.7 Å². The van der Waals surface area contributed by atoms with Crippen LogP contribution in [0.15, 0.2) is 71.6 Å². The summed E-state index contributed by atoms with van der Waals surface area (Å²) in [6.45, 7) is 5.25. The van der Waals surface area contributed by atoms with Gasteiger partial charge in [-0.15, -0.1) is 0 Å². The molecule has 3 aromatic carbocycles. The number of carbonyl (C=O) groups is 2. The highest BCUT2D eigenvalue weighted by Gasteiger charge is 2.33. The zero-order valence-corrected chi connectivity index (χ0v) is 24.9. The van der Waals surface area contributed by atoms with Gasteiger partial charge in [-0.25, -0.2) is 8.42 Å². The molecule has 208 valence electrons. The molecule has 0 unspecified atom stereocenters. The molecule has 0 aliphatic rings. The van der Waals surface area contributed by atoms with E-state index >= 15 is 0 Å². The lowest BCUT2D eigenvalue weighted by molar-refractivity contribution is -0.140. The Hall–Kier alpha value is -2.78. The van der Waals surface area contributed by atoms with Gasteiger partial charge in [0.25, 0.3) is 10.0 Å². The van der Waals surface area contributed by atoms with Gasteiger partial charge in [-0.05, 0) is 74.4 Å². The fourth-order valence-corrected chi connectivity index (χ4v) is 6.03. The summed E-state index contributed by atoms with van der Waals surface area (Å²) in [5.41, 5.74) is 1.80. The Kier molecular flexibility index (Phi) is 10.7.